The Morgan fingerprint density at radius 1 is 1.06 bits per heavy atom. The zero-order chi connectivity index (χ0) is 23.4. The minimum absolute atomic E-state index is 0.121. The van der Waals surface area contributed by atoms with E-state index < -0.39 is 15.8 Å². The van der Waals surface area contributed by atoms with E-state index in [1.165, 1.54) is 4.31 Å². The molecule has 3 aliphatic heterocycles. The lowest BCUT2D eigenvalue weighted by atomic mass is 9.91. The van der Waals surface area contributed by atoms with Crippen molar-refractivity contribution in [1.29, 1.82) is 0 Å². The first-order valence-corrected chi connectivity index (χ1v) is 13.2. The first-order chi connectivity index (χ1) is 15.7. The lowest BCUT2D eigenvalue weighted by molar-refractivity contribution is -0.179. The number of nitrogens with zero attached hydrogens (tertiary/aromatic N) is 2. The molecule has 3 saturated heterocycles. The second-order valence-corrected chi connectivity index (χ2v) is 11.8. The van der Waals surface area contributed by atoms with Gasteiger partial charge in [0.05, 0.1) is 18.1 Å². The lowest BCUT2D eigenvalue weighted by Gasteiger charge is -2.36. The third-order valence-corrected chi connectivity index (χ3v) is 9.09. The van der Waals surface area contributed by atoms with Crippen molar-refractivity contribution in [2.24, 2.45) is 11.8 Å². The second kappa shape index (κ2) is 8.37. The Bertz CT molecular complexity index is 1150. The summed E-state index contributed by atoms with van der Waals surface area (Å²) in [6.45, 7) is 9.37. The van der Waals surface area contributed by atoms with Crippen molar-refractivity contribution in [3.63, 3.8) is 0 Å². The normalized spacial score (nSPS) is 26.3. The van der Waals surface area contributed by atoms with Crippen LogP contribution in [0, 0.1) is 18.8 Å². The van der Waals surface area contributed by atoms with Crippen molar-refractivity contribution in [2.45, 2.75) is 50.7 Å². The predicted molar refractivity (Wildman–Crippen MR) is 122 cm³/mol. The topological polar surface area (TPSA) is 89.3 Å². The number of aryl methyl sites for hydroxylation is 1. The molecular weight excluding hydrogens is 444 g/mol. The third-order valence-electron chi connectivity index (χ3n) is 7.19. The van der Waals surface area contributed by atoms with Crippen LogP contribution in [0.1, 0.15) is 49.2 Å². The summed E-state index contributed by atoms with van der Waals surface area (Å²) in [4.78, 5) is 15.3. The number of piperidine rings is 2. The van der Waals surface area contributed by atoms with Gasteiger partial charge in [-0.25, -0.2) is 8.42 Å². The molecule has 4 heterocycles. The summed E-state index contributed by atoms with van der Waals surface area (Å²) >= 11 is 0. The minimum atomic E-state index is -3.68. The molecule has 2 aromatic rings. The number of sulfonamides is 1. The van der Waals surface area contributed by atoms with E-state index >= 15 is 0 Å². The van der Waals surface area contributed by atoms with E-state index in [0.717, 1.165) is 6.42 Å². The van der Waals surface area contributed by atoms with Crippen molar-refractivity contribution in [1.82, 2.24) is 9.21 Å². The number of fused-ring (bicyclic) bond motifs is 1. The average molecular weight is 477 g/mol. The number of ether oxygens (including phenoxy) is 2. The summed E-state index contributed by atoms with van der Waals surface area (Å²) in [5.74, 6) is 0.446. The number of rotatable bonds is 3. The van der Waals surface area contributed by atoms with Gasteiger partial charge in [-0.1, -0.05) is 13.8 Å². The molecule has 2 atom stereocenters. The van der Waals surface area contributed by atoms with Crippen LogP contribution < -0.4 is 0 Å². The maximum atomic E-state index is 13.3. The van der Waals surface area contributed by atoms with Crippen molar-refractivity contribution >= 4 is 26.9 Å². The summed E-state index contributed by atoms with van der Waals surface area (Å²) in [6, 6.07) is 4.85. The first-order valence-electron chi connectivity index (χ1n) is 11.8. The average Bonchev–Trinajstić information content (AvgIpc) is 3.37. The van der Waals surface area contributed by atoms with Crippen LogP contribution in [0.2, 0.25) is 0 Å². The largest absolute Gasteiger partial charge is 0.451 e. The van der Waals surface area contributed by atoms with Crippen LogP contribution in [0.5, 0.6) is 0 Å². The Labute approximate surface area is 194 Å². The van der Waals surface area contributed by atoms with Gasteiger partial charge >= 0.3 is 0 Å². The van der Waals surface area contributed by atoms with Crippen LogP contribution in [0.3, 0.4) is 0 Å². The quantitative estimate of drug-likeness (QED) is 0.675. The molecule has 1 amide bonds. The molecule has 3 fully saturated rings. The van der Waals surface area contributed by atoms with E-state index in [2.05, 4.69) is 13.8 Å². The molecule has 33 heavy (non-hydrogen) atoms. The Kier molecular flexibility index (Phi) is 5.79. The maximum absolute atomic E-state index is 13.3. The van der Waals surface area contributed by atoms with E-state index in [1.54, 1.807) is 18.2 Å². The summed E-state index contributed by atoms with van der Waals surface area (Å²) in [5, 5.41) is 0.661. The molecule has 180 valence electrons. The van der Waals surface area contributed by atoms with Crippen LogP contribution >= 0.6 is 0 Å². The van der Waals surface area contributed by atoms with E-state index in [-0.39, 0.29) is 10.8 Å². The summed E-state index contributed by atoms with van der Waals surface area (Å²) < 4.78 is 45.5. The van der Waals surface area contributed by atoms with Crippen LogP contribution in [0.25, 0.3) is 11.0 Å². The van der Waals surface area contributed by atoms with E-state index in [9.17, 15) is 13.2 Å². The molecule has 1 aromatic heterocycles. The highest BCUT2D eigenvalue weighted by molar-refractivity contribution is 7.89. The predicted octanol–water partition coefficient (Wildman–Crippen LogP) is 3.39. The fourth-order valence-electron chi connectivity index (χ4n) is 5.54. The number of carbonyl (C=O) groups is 1. The molecule has 1 spiro atoms. The standard InChI is InChI=1S/C24H32N2O6S/c1-16-12-17(2)15-25(14-16)23(27)22-18(3)20-13-19(4-5-21(20)32-22)33(28,29)26-8-6-24(7-9-26)30-10-11-31-24/h4-5,13,16-17H,6-12,14-15H2,1-3H3/t16-,17+. The highest BCUT2D eigenvalue weighted by atomic mass is 32.2. The Balaban J connectivity index is 1.39. The molecular formula is C24H32N2O6S. The van der Waals surface area contributed by atoms with Crippen molar-refractivity contribution < 1.29 is 27.1 Å². The zero-order valence-electron chi connectivity index (χ0n) is 19.5. The van der Waals surface area contributed by atoms with Crippen LogP contribution in [0.15, 0.2) is 27.5 Å². The molecule has 0 unspecified atom stereocenters. The van der Waals surface area contributed by atoms with Gasteiger partial charge in [0.25, 0.3) is 5.91 Å². The van der Waals surface area contributed by atoms with Crippen molar-refractivity contribution in [3.8, 4) is 0 Å². The second-order valence-electron chi connectivity index (χ2n) is 9.88. The third kappa shape index (κ3) is 4.09. The van der Waals surface area contributed by atoms with Gasteiger partial charge < -0.3 is 18.8 Å². The SMILES string of the molecule is Cc1c(C(=O)N2C[C@H](C)C[C@H](C)C2)oc2ccc(S(=O)(=O)N3CCC4(CC3)OCCO4)cc12. The number of furan rings is 1. The number of benzene rings is 1. The van der Waals surface area contributed by atoms with E-state index in [1.807, 2.05) is 11.8 Å². The molecule has 0 N–H and O–H groups in total. The van der Waals surface area contributed by atoms with Gasteiger partial charge in [0.2, 0.25) is 10.0 Å². The first kappa shape index (κ1) is 22.8. The fraction of sp³-hybridized carbons (Fsp3) is 0.625. The fourth-order valence-corrected chi connectivity index (χ4v) is 7.01. The Morgan fingerprint density at radius 2 is 1.70 bits per heavy atom. The van der Waals surface area contributed by atoms with Gasteiger partial charge in [-0.3, -0.25) is 4.79 Å². The van der Waals surface area contributed by atoms with Gasteiger partial charge in [-0.15, -0.1) is 0 Å². The molecule has 0 radical (unpaired) electrons. The zero-order valence-corrected chi connectivity index (χ0v) is 20.3. The number of hydrogen-bond donors (Lipinski definition) is 0. The number of carbonyl (C=O) groups excluding carboxylic acids is 1. The van der Waals surface area contributed by atoms with E-state index in [4.69, 9.17) is 13.9 Å². The minimum Gasteiger partial charge on any atom is -0.451 e. The Hall–Kier alpha value is -1.94. The summed E-state index contributed by atoms with van der Waals surface area (Å²) in [6.07, 6.45) is 2.15. The number of hydrogen-bond acceptors (Lipinski definition) is 6. The van der Waals surface area contributed by atoms with Crippen LogP contribution in [-0.2, 0) is 19.5 Å². The molecule has 9 heteroatoms. The molecule has 0 bridgehead atoms. The summed E-state index contributed by atoms with van der Waals surface area (Å²) in [7, 11) is -3.68. The lowest BCUT2D eigenvalue weighted by Crippen LogP contribution is -2.47. The highest BCUT2D eigenvalue weighted by Gasteiger charge is 2.42. The molecule has 1 aromatic carbocycles. The van der Waals surface area contributed by atoms with Crippen LogP contribution in [-0.4, -0.2) is 68.7 Å². The van der Waals surface area contributed by atoms with Gasteiger partial charge in [-0.2, -0.15) is 4.31 Å². The van der Waals surface area contributed by atoms with E-state index in [0.29, 0.717) is 86.4 Å². The monoisotopic (exact) mass is 476 g/mol. The molecule has 0 saturated carbocycles. The van der Waals surface area contributed by atoms with Crippen molar-refractivity contribution in [3.05, 3.63) is 29.5 Å². The summed E-state index contributed by atoms with van der Waals surface area (Å²) in [5.41, 5.74) is 1.21. The number of amides is 1. The van der Waals surface area contributed by atoms with Gasteiger partial charge in [0.15, 0.2) is 11.5 Å². The molecule has 3 aliphatic rings. The highest BCUT2D eigenvalue weighted by Crippen LogP contribution is 2.35. The van der Waals surface area contributed by atoms with Crippen LogP contribution in [0.4, 0.5) is 0 Å². The maximum Gasteiger partial charge on any atom is 0.289 e. The smallest absolute Gasteiger partial charge is 0.289 e. The number of likely N-dealkylation sites (tertiary alicyclic amines) is 1. The molecule has 5 rings (SSSR count). The van der Waals surface area contributed by atoms with Gasteiger partial charge in [0, 0.05) is 50.0 Å². The van der Waals surface area contributed by atoms with Gasteiger partial charge in [0.1, 0.15) is 5.58 Å². The van der Waals surface area contributed by atoms with Gasteiger partial charge in [-0.05, 0) is 43.4 Å². The molecule has 0 aliphatic carbocycles. The van der Waals surface area contributed by atoms with Crippen molar-refractivity contribution in [2.75, 3.05) is 39.4 Å². The Morgan fingerprint density at radius 3 is 2.33 bits per heavy atom. The molecule has 8 nitrogen and oxygen atoms in total.